The molecule has 1 amide bonds. The van der Waals surface area contributed by atoms with E-state index in [1.165, 1.54) is 11.8 Å². The molecule has 0 heterocycles. The summed E-state index contributed by atoms with van der Waals surface area (Å²) < 4.78 is 0. The number of aliphatic hydroxyl groups is 1. The van der Waals surface area contributed by atoms with Crippen LogP contribution in [0.5, 0.6) is 0 Å². The van der Waals surface area contributed by atoms with Crippen LogP contribution in [0.3, 0.4) is 0 Å². The highest BCUT2D eigenvalue weighted by Gasteiger charge is 2.23. The van der Waals surface area contributed by atoms with Gasteiger partial charge in [0, 0.05) is 12.0 Å². The first-order valence-electron chi connectivity index (χ1n) is 7.48. The van der Waals surface area contributed by atoms with Gasteiger partial charge in [-0.3, -0.25) is 4.79 Å². The van der Waals surface area contributed by atoms with E-state index in [0.717, 1.165) is 29.7 Å². The number of nitrogens with one attached hydrogen (secondary N) is 1. The lowest BCUT2D eigenvalue weighted by Crippen LogP contribution is -2.26. The standard InChI is InChI=1S/C17H23NO2S/c1-12(2)18-17(20)21-15-10-6-9-14(11-15)16(19)13-7-4-3-5-8-13/h3-5,7-8,11-12,14,16,19H,6,9-10H2,1-2H3,(H,18,20)/t14-,16-/m1/s1. The first-order chi connectivity index (χ1) is 10.1. The van der Waals surface area contributed by atoms with Gasteiger partial charge in [0.2, 0.25) is 0 Å². The van der Waals surface area contributed by atoms with Crippen LogP contribution in [0.4, 0.5) is 4.79 Å². The van der Waals surface area contributed by atoms with Gasteiger partial charge in [0.25, 0.3) is 5.24 Å². The molecule has 0 radical (unpaired) electrons. The van der Waals surface area contributed by atoms with Crippen molar-refractivity contribution < 1.29 is 9.90 Å². The molecular weight excluding hydrogens is 282 g/mol. The van der Waals surface area contributed by atoms with Crippen molar-refractivity contribution in [2.45, 2.75) is 45.3 Å². The summed E-state index contributed by atoms with van der Waals surface area (Å²) in [7, 11) is 0. The van der Waals surface area contributed by atoms with Gasteiger partial charge in [-0.2, -0.15) is 0 Å². The Labute approximate surface area is 130 Å². The van der Waals surface area contributed by atoms with Crippen molar-refractivity contribution in [2.24, 2.45) is 5.92 Å². The molecule has 1 aliphatic carbocycles. The lowest BCUT2D eigenvalue weighted by Gasteiger charge is -2.25. The Morgan fingerprint density at radius 1 is 1.33 bits per heavy atom. The largest absolute Gasteiger partial charge is 0.388 e. The third-order valence-corrected chi connectivity index (χ3v) is 4.44. The van der Waals surface area contributed by atoms with Crippen LogP contribution in [-0.4, -0.2) is 16.4 Å². The molecule has 4 heteroatoms. The second-order valence-electron chi connectivity index (χ2n) is 5.73. The number of rotatable bonds is 4. The fourth-order valence-corrected chi connectivity index (χ4v) is 3.56. The third kappa shape index (κ3) is 4.90. The molecule has 0 saturated heterocycles. The monoisotopic (exact) mass is 305 g/mol. The summed E-state index contributed by atoms with van der Waals surface area (Å²) in [5, 5.41) is 13.4. The van der Waals surface area contributed by atoms with Gasteiger partial charge in [0.15, 0.2) is 0 Å². The van der Waals surface area contributed by atoms with E-state index < -0.39 is 6.10 Å². The molecule has 0 spiro atoms. The maximum Gasteiger partial charge on any atom is 0.283 e. The van der Waals surface area contributed by atoms with Crippen LogP contribution in [0, 0.1) is 5.92 Å². The van der Waals surface area contributed by atoms with Gasteiger partial charge in [-0.1, -0.05) is 36.4 Å². The molecule has 3 nitrogen and oxygen atoms in total. The van der Waals surface area contributed by atoms with E-state index in [1.807, 2.05) is 44.2 Å². The number of thioether (sulfide) groups is 1. The van der Waals surface area contributed by atoms with Gasteiger partial charge in [-0.15, -0.1) is 0 Å². The van der Waals surface area contributed by atoms with Crippen LogP contribution < -0.4 is 5.32 Å². The molecule has 21 heavy (non-hydrogen) atoms. The molecule has 2 N–H and O–H groups in total. The third-order valence-electron chi connectivity index (χ3n) is 3.54. The van der Waals surface area contributed by atoms with E-state index in [-0.39, 0.29) is 17.2 Å². The van der Waals surface area contributed by atoms with Crippen molar-refractivity contribution >= 4 is 17.0 Å². The molecule has 114 valence electrons. The summed E-state index contributed by atoms with van der Waals surface area (Å²) >= 11 is 1.27. The molecule has 0 saturated carbocycles. The number of amides is 1. The normalized spacial score (nSPS) is 20.0. The zero-order valence-electron chi connectivity index (χ0n) is 12.6. The SMILES string of the molecule is CC(C)NC(=O)SC1=C[C@H]([C@H](O)c2ccccc2)CCC1. The number of hydrogen-bond donors (Lipinski definition) is 2. The van der Waals surface area contributed by atoms with Crippen LogP contribution in [-0.2, 0) is 0 Å². The Bertz CT molecular complexity index is 499. The van der Waals surface area contributed by atoms with Gasteiger partial charge in [-0.05, 0) is 55.3 Å². The van der Waals surface area contributed by atoms with Crippen molar-refractivity contribution in [3.63, 3.8) is 0 Å². The van der Waals surface area contributed by atoms with Crippen molar-refractivity contribution in [1.29, 1.82) is 0 Å². The van der Waals surface area contributed by atoms with Gasteiger partial charge in [0.05, 0.1) is 6.10 Å². The van der Waals surface area contributed by atoms with Crippen molar-refractivity contribution in [2.75, 3.05) is 0 Å². The summed E-state index contributed by atoms with van der Waals surface area (Å²) in [6, 6.07) is 9.88. The average molecular weight is 305 g/mol. The lowest BCUT2D eigenvalue weighted by molar-refractivity contribution is 0.123. The summed E-state index contributed by atoms with van der Waals surface area (Å²) in [6.07, 6.45) is 4.49. The average Bonchev–Trinajstić information content (AvgIpc) is 2.46. The van der Waals surface area contributed by atoms with Crippen molar-refractivity contribution in [3.8, 4) is 0 Å². The summed E-state index contributed by atoms with van der Waals surface area (Å²) in [5.41, 5.74) is 0.941. The molecule has 0 bridgehead atoms. The molecule has 2 atom stereocenters. The Morgan fingerprint density at radius 3 is 2.71 bits per heavy atom. The second kappa shape index (κ2) is 7.66. The highest BCUT2D eigenvalue weighted by Crippen LogP contribution is 2.36. The van der Waals surface area contributed by atoms with Gasteiger partial charge >= 0.3 is 0 Å². The van der Waals surface area contributed by atoms with E-state index in [0.29, 0.717) is 0 Å². The van der Waals surface area contributed by atoms with Crippen molar-refractivity contribution in [1.82, 2.24) is 5.32 Å². The zero-order chi connectivity index (χ0) is 15.2. The summed E-state index contributed by atoms with van der Waals surface area (Å²) in [5.74, 6) is 0.0931. The number of aliphatic hydroxyl groups excluding tert-OH is 1. The molecule has 0 unspecified atom stereocenters. The number of carbonyl (C=O) groups is 1. The van der Waals surface area contributed by atoms with E-state index >= 15 is 0 Å². The number of carbonyl (C=O) groups excluding carboxylic acids is 1. The Hall–Kier alpha value is -1.26. The number of allylic oxidation sites excluding steroid dienone is 1. The molecule has 1 aromatic carbocycles. The first kappa shape index (κ1) is 16.1. The quantitative estimate of drug-likeness (QED) is 0.874. The molecule has 1 aliphatic rings. The summed E-state index contributed by atoms with van der Waals surface area (Å²) in [6.45, 7) is 3.91. The zero-order valence-corrected chi connectivity index (χ0v) is 13.4. The lowest BCUT2D eigenvalue weighted by atomic mass is 9.87. The van der Waals surface area contributed by atoms with Gasteiger partial charge in [0.1, 0.15) is 0 Å². The fraction of sp³-hybridized carbons (Fsp3) is 0.471. The van der Waals surface area contributed by atoms with Crippen molar-refractivity contribution in [3.05, 3.63) is 46.9 Å². The van der Waals surface area contributed by atoms with E-state index in [1.54, 1.807) is 0 Å². The Morgan fingerprint density at radius 2 is 2.05 bits per heavy atom. The van der Waals surface area contributed by atoms with Crippen LogP contribution >= 0.6 is 11.8 Å². The molecule has 1 aromatic rings. The minimum atomic E-state index is -0.491. The highest BCUT2D eigenvalue weighted by atomic mass is 32.2. The maximum absolute atomic E-state index is 11.8. The number of hydrogen-bond acceptors (Lipinski definition) is 3. The molecule has 0 aliphatic heterocycles. The topological polar surface area (TPSA) is 49.3 Å². The minimum Gasteiger partial charge on any atom is -0.388 e. The molecular formula is C17H23NO2S. The van der Waals surface area contributed by atoms with Crippen LogP contribution in [0.15, 0.2) is 41.3 Å². The Kier molecular flexibility index (Phi) is 5.88. The fourth-order valence-electron chi connectivity index (χ4n) is 2.53. The van der Waals surface area contributed by atoms with E-state index in [4.69, 9.17) is 0 Å². The molecule has 0 aromatic heterocycles. The number of benzene rings is 1. The molecule has 2 rings (SSSR count). The smallest absolute Gasteiger partial charge is 0.283 e. The molecule has 0 fully saturated rings. The summed E-state index contributed by atoms with van der Waals surface area (Å²) in [4.78, 5) is 12.9. The van der Waals surface area contributed by atoms with Gasteiger partial charge in [-0.25, -0.2) is 0 Å². The maximum atomic E-state index is 11.8. The van der Waals surface area contributed by atoms with Crippen LogP contribution in [0.1, 0.15) is 44.8 Å². The van der Waals surface area contributed by atoms with Crippen LogP contribution in [0.2, 0.25) is 0 Å². The van der Waals surface area contributed by atoms with Gasteiger partial charge < -0.3 is 10.4 Å². The predicted molar refractivity (Wildman–Crippen MR) is 88.1 cm³/mol. The highest BCUT2D eigenvalue weighted by molar-refractivity contribution is 8.16. The van der Waals surface area contributed by atoms with Crippen LogP contribution in [0.25, 0.3) is 0 Å². The predicted octanol–water partition coefficient (Wildman–Crippen LogP) is 4.26. The Balaban J connectivity index is 2.01. The minimum absolute atomic E-state index is 0.00824. The first-order valence-corrected chi connectivity index (χ1v) is 8.30. The van der Waals surface area contributed by atoms with E-state index in [2.05, 4.69) is 11.4 Å². The second-order valence-corrected chi connectivity index (χ2v) is 6.83. The van der Waals surface area contributed by atoms with E-state index in [9.17, 15) is 9.90 Å².